The molecule has 2 aromatic carbocycles. The average Bonchev–Trinajstić information content (AvgIpc) is 2.73. The van der Waals surface area contributed by atoms with Crippen molar-refractivity contribution in [3.05, 3.63) is 58.6 Å². The molecule has 0 saturated carbocycles. The van der Waals surface area contributed by atoms with Crippen LogP contribution in [0.3, 0.4) is 0 Å². The number of hydrogen-bond donors (Lipinski definition) is 0. The van der Waals surface area contributed by atoms with Crippen molar-refractivity contribution in [2.45, 2.75) is 38.7 Å². The maximum absolute atomic E-state index is 12.8. The summed E-state index contributed by atoms with van der Waals surface area (Å²) in [5.41, 5.74) is 3.91. The van der Waals surface area contributed by atoms with E-state index in [9.17, 15) is 4.79 Å². The van der Waals surface area contributed by atoms with Gasteiger partial charge in [-0.25, -0.2) is 0 Å². The van der Waals surface area contributed by atoms with E-state index in [-0.39, 0.29) is 5.91 Å². The van der Waals surface area contributed by atoms with Crippen LogP contribution in [0.4, 0.5) is 5.69 Å². The van der Waals surface area contributed by atoms with Gasteiger partial charge in [0, 0.05) is 36.9 Å². The SMILES string of the molecule is C[C@@H](Oc1ccc2c(c1)CCCC2)C(=O)N1CCN(c2cccc(Cl)c2)CC1. The van der Waals surface area contributed by atoms with Crippen LogP contribution in [0.2, 0.25) is 5.02 Å². The summed E-state index contributed by atoms with van der Waals surface area (Å²) in [5.74, 6) is 0.863. The number of anilines is 1. The van der Waals surface area contributed by atoms with Gasteiger partial charge in [-0.15, -0.1) is 0 Å². The van der Waals surface area contributed by atoms with Crippen molar-refractivity contribution in [3.63, 3.8) is 0 Å². The molecule has 28 heavy (non-hydrogen) atoms. The Morgan fingerprint density at radius 2 is 1.75 bits per heavy atom. The van der Waals surface area contributed by atoms with E-state index in [2.05, 4.69) is 23.1 Å². The molecule has 1 saturated heterocycles. The van der Waals surface area contributed by atoms with Crippen LogP contribution >= 0.6 is 11.6 Å². The van der Waals surface area contributed by atoms with Gasteiger partial charge in [-0.3, -0.25) is 4.79 Å². The van der Waals surface area contributed by atoms with Gasteiger partial charge in [-0.2, -0.15) is 0 Å². The molecule has 0 spiro atoms. The Bertz CT molecular complexity index is 846. The highest BCUT2D eigenvalue weighted by Gasteiger charge is 2.26. The normalized spacial score (nSPS) is 17.8. The van der Waals surface area contributed by atoms with Crippen LogP contribution in [0, 0.1) is 0 Å². The molecule has 1 heterocycles. The first kappa shape index (κ1) is 19.1. The molecule has 1 aliphatic carbocycles. The highest BCUT2D eigenvalue weighted by atomic mass is 35.5. The van der Waals surface area contributed by atoms with Crippen LogP contribution in [0.25, 0.3) is 0 Å². The van der Waals surface area contributed by atoms with Crippen LogP contribution in [-0.4, -0.2) is 43.1 Å². The third-order valence-corrected chi connectivity index (χ3v) is 5.98. The molecular formula is C23H27ClN2O2. The van der Waals surface area contributed by atoms with Crippen molar-refractivity contribution < 1.29 is 9.53 Å². The Labute approximate surface area is 172 Å². The van der Waals surface area contributed by atoms with Gasteiger partial charge in [0.1, 0.15) is 5.75 Å². The molecule has 148 valence electrons. The molecule has 1 aliphatic heterocycles. The minimum Gasteiger partial charge on any atom is -0.481 e. The monoisotopic (exact) mass is 398 g/mol. The summed E-state index contributed by atoms with van der Waals surface area (Å²) in [7, 11) is 0. The lowest BCUT2D eigenvalue weighted by molar-refractivity contribution is -0.138. The number of benzene rings is 2. The lowest BCUT2D eigenvalue weighted by Crippen LogP contribution is -2.52. The van der Waals surface area contributed by atoms with E-state index in [0.717, 1.165) is 42.4 Å². The zero-order valence-corrected chi connectivity index (χ0v) is 17.1. The number of fused-ring (bicyclic) bond motifs is 1. The maximum Gasteiger partial charge on any atom is 0.263 e. The summed E-state index contributed by atoms with van der Waals surface area (Å²) < 4.78 is 6.00. The van der Waals surface area contributed by atoms with Gasteiger partial charge in [-0.05, 0) is 74.1 Å². The zero-order valence-electron chi connectivity index (χ0n) is 16.4. The molecule has 0 unspecified atom stereocenters. The summed E-state index contributed by atoms with van der Waals surface area (Å²) in [4.78, 5) is 17.0. The van der Waals surface area contributed by atoms with Crippen LogP contribution in [0.5, 0.6) is 5.75 Å². The number of hydrogen-bond acceptors (Lipinski definition) is 3. The fourth-order valence-corrected chi connectivity index (χ4v) is 4.34. The first-order valence-corrected chi connectivity index (χ1v) is 10.6. The van der Waals surface area contributed by atoms with E-state index in [4.69, 9.17) is 16.3 Å². The molecule has 1 atom stereocenters. The van der Waals surface area contributed by atoms with E-state index in [0.29, 0.717) is 13.1 Å². The molecule has 0 N–H and O–H groups in total. The van der Waals surface area contributed by atoms with E-state index in [1.54, 1.807) is 0 Å². The van der Waals surface area contributed by atoms with Gasteiger partial charge in [0.05, 0.1) is 0 Å². The second-order valence-electron chi connectivity index (χ2n) is 7.69. The number of ether oxygens (including phenoxy) is 1. The molecule has 0 bridgehead atoms. The van der Waals surface area contributed by atoms with Gasteiger partial charge >= 0.3 is 0 Å². The number of carbonyl (C=O) groups excluding carboxylic acids is 1. The van der Waals surface area contributed by atoms with Crippen molar-refractivity contribution in [2.24, 2.45) is 0 Å². The number of aryl methyl sites for hydroxylation is 2. The fourth-order valence-electron chi connectivity index (χ4n) is 4.15. The maximum atomic E-state index is 12.8. The Morgan fingerprint density at radius 3 is 2.50 bits per heavy atom. The highest BCUT2D eigenvalue weighted by molar-refractivity contribution is 6.30. The molecule has 1 amide bonds. The summed E-state index contributed by atoms with van der Waals surface area (Å²) in [6.07, 6.45) is 4.30. The van der Waals surface area contributed by atoms with Gasteiger partial charge in [0.25, 0.3) is 5.91 Å². The molecule has 1 fully saturated rings. The largest absolute Gasteiger partial charge is 0.481 e. The topological polar surface area (TPSA) is 32.8 Å². The Balaban J connectivity index is 1.33. The van der Waals surface area contributed by atoms with E-state index >= 15 is 0 Å². The molecule has 0 radical (unpaired) electrons. The molecular weight excluding hydrogens is 372 g/mol. The molecule has 2 aliphatic rings. The lowest BCUT2D eigenvalue weighted by atomic mass is 9.92. The number of rotatable bonds is 4. The smallest absolute Gasteiger partial charge is 0.263 e. The predicted octanol–water partition coefficient (Wildman–Crippen LogP) is 4.33. The average molecular weight is 399 g/mol. The standard InChI is InChI=1S/C23H27ClN2O2/c1-17(28-22-10-9-18-5-2-3-6-19(18)15-22)23(27)26-13-11-25(12-14-26)21-8-4-7-20(24)16-21/h4,7-10,15-17H,2-3,5-6,11-14H2,1H3/t17-/m1/s1. The second-order valence-corrected chi connectivity index (χ2v) is 8.13. The number of halogens is 1. The van der Waals surface area contributed by atoms with Crippen LogP contribution in [-0.2, 0) is 17.6 Å². The zero-order chi connectivity index (χ0) is 19.5. The highest BCUT2D eigenvalue weighted by Crippen LogP contribution is 2.26. The minimum absolute atomic E-state index is 0.0588. The summed E-state index contributed by atoms with van der Waals surface area (Å²) >= 11 is 6.10. The molecule has 2 aromatic rings. The molecule has 5 heteroatoms. The molecule has 4 nitrogen and oxygen atoms in total. The number of nitrogens with zero attached hydrogens (tertiary/aromatic N) is 2. The van der Waals surface area contributed by atoms with Gasteiger partial charge < -0.3 is 14.5 Å². The van der Waals surface area contributed by atoms with Gasteiger partial charge in [0.2, 0.25) is 0 Å². The number of piperazine rings is 1. The van der Waals surface area contributed by atoms with Crippen LogP contribution in [0.15, 0.2) is 42.5 Å². The van der Waals surface area contributed by atoms with Crippen LogP contribution < -0.4 is 9.64 Å². The minimum atomic E-state index is -0.473. The van der Waals surface area contributed by atoms with Gasteiger partial charge in [0.15, 0.2) is 6.10 Å². The first-order chi connectivity index (χ1) is 13.6. The van der Waals surface area contributed by atoms with E-state index in [1.807, 2.05) is 36.1 Å². The number of carbonyl (C=O) groups is 1. The molecule has 4 rings (SSSR count). The first-order valence-electron chi connectivity index (χ1n) is 10.2. The summed E-state index contributed by atoms with van der Waals surface area (Å²) in [6, 6.07) is 14.2. The third-order valence-electron chi connectivity index (χ3n) is 5.75. The van der Waals surface area contributed by atoms with E-state index < -0.39 is 6.10 Å². The second kappa shape index (κ2) is 8.44. The van der Waals surface area contributed by atoms with Crippen molar-refractivity contribution in [1.82, 2.24) is 4.90 Å². The van der Waals surface area contributed by atoms with Gasteiger partial charge in [-0.1, -0.05) is 23.7 Å². The van der Waals surface area contributed by atoms with E-state index in [1.165, 1.54) is 24.0 Å². The Kier molecular flexibility index (Phi) is 5.77. The fraction of sp³-hybridized carbons (Fsp3) is 0.435. The predicted molar refractivity (Wildman–Crippen MR) is 113 cm³/mol. The quantitative estimate of drug-likeness (QED) is 0.768. The van der Waals surface area contributed by atoms with Crippen LogP contribution in [0.1, 0.15) is 30.9 Å². The Morgan fingerprint density at radius 1 is 1.00 bits per heavy atom. The lowest BCUT2D eigenvalue weighted by Gasteiger charge is -2.37. The van der Waals surface area contributed by atoms with Crippen molar-refractivity contribution >= 4 is 23.2 Å². The van der Waals surface area contributed by atoms with Crippen molar-refractivity contribution in [1.29, 1.82) is 0 Å². The summed E-state index contributed by atoms with van der Waals surface area (Å²) in [6.45, 7) is 4.85. The Hall–Kier alpha value is -2.20. The summed E-state index contributed by atoms with van der Waals surface area (Å²) in [5, 5.41) is 0.739. The number of amides is 1. The van der Waals surface area contributed by atoms with Crippen molar-refractivity contribution in [3.8, 4) is 5.75 Å². The van der Waals surface area contributed by atoms with Crippen molar-refractivity contribution in [2.75, 3.05) is 31.1 Å². The molecule has 0 aromatic heterocycles. The third kappa shape index (κ3) is 4.27.